The first kappa shape index (κ1) is 14.5. The number of hydrogen-bond donors (Lipinski definition) is 1. The van der Waals surface area contributed by atoms with Crippen molar-refractivity contribution in [1.29, 1.82) is 0 Å². The van der Waals surface area contributed by atoms with E-state index in [2.05, 4.69) is 15.3 Å². The smallest absolute Gasteiger partial charge is 0.256 e. The normalized spacial score (nSPS) is 10.9. The van der Waals surface area contributed by atoms with Gasteiger partial charge in [0.05, 0.1) is 11.5 Å². The van der Waals surface area contributed by atoms with Crippen molar-refractivity contribution >= 4 is 33.3 Å². The van der Waals surface area contributed by atoms with E-state index in [9.17, 15) is 4.79 Å². The number of thiophene rings is 1. The summed E-state index contributed by atoms with van der Waals surface area (Å²) in [6, 6.07) is 8.94. The number of anilines is 1. The van der Waals surface area contributed by atoms with E-state index in [-0.39, 0.29) is 12.0 Å². The number of carbonyl (C=O) groups is 1. The summed E-state index contributed by atoms with van der Waals surface area (Å²) < 4.78 is 5.56. The predicted octanol–water partition coefficient (Wildman–Crippen LogP) is 3.73. The van der Waals surface area contributed by atoms with Crippen molar-refractivity contribution in [1.82, 2.24) is 9.97 Å². The van der Waals surface area contributed by atoms with E-state index in [1.54, 1.807) is 24.3 Å². The van der Waals surface area contributed by atoms with Crippen molar-refractivity contribution in [2.45, 2.75) is 20.0 Å². The first-order valence-electron chi connectivity index (χ1n) is 6.90. The minimum absolute atomic E-state index is 0.104. The van der Waals surface area contributed by atoms with Gasteiger partial charge < -0.3 is 10.1 Å². The highest BCUT2D eigenvalue weighted by atomic mass is 32.1. The molecule has 0 bridgehead atoms. The van der Waals surface area contributed by atoms with Gasteiger partial charge in [-0.2, -0.15) is 0 Å². The van der Waals surface area contributed by atoms with Crippen LogP contribution in [0.5, 0.6) is 5.75 Å². The third kappa shape index (κ3) is 3.07. The van der Waals surface area contributed by atoms with Crippen molar-refractivity contribution in [3.8, 4) is 5.75 Å². The monoisotopic (exact) mass is 313 g/mol. The van der Waals surface area contributed by atoms with Crippen molar-refractivity contribution in [3.05, 3.63) is 47.6 Å². The summed E-state index contributed by atoms with van der Waals surface area (Å²) in [7, 11) is 0. The second-order valence-electron chi connectivity index (χ2n) is 5.01. The molecular formula is C16H15N3O2S. The molecule has 0 aliphatic rings. The fourth-order valence-corrected chi connectivity index (χ4v) is 2.76. The van der Waals surface area contributed by atoms with Gasteiger partial charge in [-0.25, -0.2) is 9.97 Å². The van der Waals surface area contributed by atoms with Gasteiger partial charge in [0.25, 0.3) is 5.91 Å². The number of ether oxygens (including phenoxy) is 1. The van der Waals surface area contributed by atoms with E-state index in [4.69, 9.17) is 4.74 Å². The zero-order valence-corrected chi connectivity index (χ0v) is 13.1. The molecule has 22 heavy (non-hydrogen) atoms. The molecule has 1 aromatic carbocycles. The number of nitrogens with zero attached hydrogens (tertiary/aromatic N) is 2. The molecule has 0 fully saturated rings. The number of aromatic nitrogens is 2. The minimum Gasteiger partial charge on any atom is -0.491 e. The van der Waals surface area contributed by atoms with Crippen LogP contribution in [0.25, 0.3) is 10.2 Å². The Balaban J connectivity index is 1.78. The fraction of sp³-hybridized carbons (Fsp3) is 0.188. The standard InChI is InChI=1S/C16H15N3O2S/c1-10(2)21-12-5-3-11(4-6-12)15(20)19-14-13-7-8-22-16(13)18-9-17-14/h3-10H,1-2H3,(H,17,18,19,20). The van der Waals surface area contributed by atoms with E-state index in [0.29, 0.717) is 11.4 Å². The molecule has 1 amide bonds. The van der Waals surface area contributed by atoms with Crippen LogP contribution in [0.1, 0.15) is 24.2 Å². The maximum atomic E-state index is 12.3. The maximum Gasteiger partial charge on any atom is 0.256 e. The molecule has 6 heteroatoms. The number of rotatable bonds is 4. The molecule has 0 saturated heterocycles. The maximum absolute atomic E-state index is 12.3. The average molecular weight is 313 g/mol. The molecule has 0 radical (unpaired) electrons. The number of nitrogens with one attached hydrogen (secondary N) is 1. The van der Waals surface area contributed by atoms with Crippen LogP contribution in [0.15, 0.2) is 42.0 Å². The largest absolute Gasteiger partial charge is 0.491 e. The summed E-state index contributed by atoms with van der Waals surface area (Å²) in [5.74, 6) is 1.06. The molecule has 1 N–H and O–H groups in total. The van der Waals surface area contributed by atoms with E-state index < -0.39 is 0 Å². The Hall–Kier alpha value is -2.47. The quantitative estimate of drug-likeness (QED) is 0.797. The van der Waals surface area contributed by atoms with Gasteiger partial charge in [0.2, 0.25) is 0 Å². The second-order valence-corrected chi connectivity index (χ2v) is 5.90. The zero-order valence-electron chi connectivity index (χ0n) is 12.2. The molecule has 2 aromatic heterocycles. The van der Waals surface area contributed by atoms with Crippen LogP contribution < -0.4 is 10.1 Å². The Morgan fingerprint density at radius 1 is 1.18 bits per heavy atom. The lowest BCUT2D eigenvalue weighted by Gasteiger charge is -2.10. The molecule has 0 spiro atoms. The van der Waals surface area contributed by atoms with Crippen LogP contribution in [0, 0.1) is 0 Å². The van der Waals surface area contributed by atoms with Crippen molar-refractivity contribution in [3.63, 3.8) is 0 Å². The molecule has 0 aliphatic carbocycles. The molecular weight excluding hydrogens is 298 g/mol. The van der Waals surface area contributed by atoms with Crippen LogP contribution in [-0.2, 0) is 0 Å². The van der Waals surface area contributed by atoms with Gasteiger partial charge in [0.15, 0.2) is 0 Å². The topological polar surface area (TPSA) is 64.1 Å². The van der Waals surface area contributed by atoms with Gasteiger partial charge >= 0.3 is 0 Å². The Morgan fingerprint density at radius 2 is 1.95 bits per heavy atom. The number of carbonyl (C=O) groups excluding carboxylic acids is 1. The number of benzene rings is 1. The van der Waals surface area contributed by atoms with Crippen LogP contribution in [0.2, 0.25) is 0 Å². The summed E-state index contributed by atoms with van der Waals surface area (Å²) >= 11 is 1.51. The van der Waals surface area contributed by atoms with Gasteiger partial charge in [-0.1, -0.05) is 0 Å². The van der Waals surface area contributed by atoms with Gasteiger partial charge in [-0.05, 0) is 49.6 Å². The van der Waals surface area contributed by atoms with Crippen molar-refractivity contribution < 1.29 is 9.53 Å². The molecule has 5 nitrogen and oxygen atoms in total. The lowest BCUT2D eigenvalue weighted by molar-refractivity contribution is 0.102. The van der Waals surface area contributed by atoms with Crippen molar-refractivity contribution in [2.75, 3.05) is 5.32 Å². The van der Waals surface area contributed by atoms with Crippen LogP contribution in [0.4, 0.5) is 5.82 Å². The molecule has 0 unspecified atom stereocenters. The molecule has 0 saturated carbocycles. The number of hydrogen-bond acceptors (Lipinski definition) is 5. The minimum atomic E-state index is -0.206. The summed E-state index contributed by atoms with van der Waals surface area (Å²) in [6.45, 7) is 3.92. The van der Waals surface area contributed by atoms with E-state index >= 15 is 0 Å². The fourth-order valence-electron chi connectivity index (χ4n) is 2.03. The van der Waals surface area contributed by atoms with Gasteiger partial charge in [0, 0.05) is 5.56 Å². The molecule has 112 valence electrons. The van der Waals surface area contributed by atoms with Crippen LogP contribution in [-0.4, -0.2) is 22.0 Å². The first-order chi connectivity index (χ1) is 10.6. The van der Waals surface area contributed by atoms with Crippen LogP contribution in [0.3, 0.4) is 0 Å². The summed E-state index contributed by atoms with van der Waals surface area (Å²) in [6.07, 6.45) is 1.56. The predicted molar refractivity (Wildman–Crippen MR) is 87.6 cm³/mol. The zero-order chi connectivity index (χ0) is 15.5. The van der Waals surface area contributed by atoms with Gasteiger partial charge in [-0.15, -0.1) is 11.3 Å². The second kappa shape index (κ2) is 6.11. The van der Waals surface area contributed by atoms with Gasteiger partial charge in [-0.3, -0.25) is 4.79 Å². The Bertz CT molecular complexity index is 797. The van der Waals surface area contributed by atoms with Crippen molar-refractivity contribution in [2.24, 2.45) is 0 Å². The lowest BCUT2D eigenvalue weighted by atomic mass is 10.2. The summed E-state index contributed by atoms with van der Waals surface area (Å²) in [5, 5.41) is 5.59. The molecule has 0 atom stereocenters. The first-order valence-corrected chi connectivity index (χ1v) is 7.78. The lowest BCUT2D eigenvalue weighted by Crippen LogP contribution is -2.13. The van der Waals surface area contributed by atoms with E-state index in [1.807, 2.05) is 25.3 Å². The summed E-state index contributed by atoms with van der Waals surface area (Å²) in [5.41, 5.74) is 0.554. The molecule has 2 heterocycles. The van der Waals surface area contributed by atoms with E-state index in [1.165, 1.54) is 17.7 Å². The highest BCUT2D eigenvalue weighted by Crippen LogP contribution is 2.24. The van der Waals surface area contributed by atoms with E-state index in [0.717, 1.165) is 16.0 Å². The highest BCUT2D eigenvalue weighted by molar-refractivity contribution is 7.16. The third-order valence-corrected chi connectivity index (χ3v) is 3.80. The number of amides is 1. The van der Waals surface area contributed by atoms with Crippen LogP contribution >= 0.6 is 11.3 Å². The molecule has 3 aromatic rings. The molecule has 0 aliphatic heterocycles. The number of fused-ring (bicyclic) bond motifs is 1. The Morgan fingerprint density at radius 3 is 2.68 bits per heavy atom. The summed E-state index contributed by atoms with van der Waals surface area (Å²) in [4.78, 5) is 21.5. The Kier molecular flexibility index (Phi) is 4.02. The Labute approximate surface area is 132 Å². The third-order valence-electron chi connectivity index (χ3n) is 2.98. The molecule has 3 rings (SSSR count). The average Bonchev–Trinajstić information content (AvgIpc) is 2.97. The SMILES string of the molecule is CC(C)Oc1ccc(C(=O)Nc2ncnc3sccc23)cc1. The van der Waals surface area contributed by atoms with Gasteiger partial charge in [0.1, 0.15) is 22.7 Å². The highest BCUT2D eigenvalue weighted by Gasteiger charge is 2.11.